The molecule has 0 radical (unpaired) electrons. The van der Waals surface area contributed by atoms with E-state index in [4.69, 9.17) is 0 Å². The SMILES string of the molecule is C/C(CBr)=C(/I)c1ccccc1. The fourth-order valence-electron chi connectivity index (χ4n) is 0.890. The minimum Gasteiger partial charge on any atom is -0.0880 e. The first kappa shape index (κ1) is 10.3. The number of allylic oxidation sites excluding steroid dienone is 1. The molecular formula is C10H10BrI. The van der Waals surface area contributed by atoms with Gasteiger partial charge in [-0.15, -0.1) is 0 Å². The molecule has 0 aromatic heterocycles. The highest BCUT2D eigenvalue weighted by molar-refractivity contribution is 14.1. The molecule has 0 heterocycles. The van der Waals surface area contributed by atoms with Crippen LogP contribution in [0.3, 0.4) is 0 Å². The lowest BCUT2D eigenvalue weighted by molar-refractivity contribution is 1.45. The van der Waals surface area contributed by atoms with Gasteiger partial charge in [-0.05, 0) is 40.7 Å². The summed E-state index contributed by atoms with van der Waals surface area (Å²) in [6.45, 7) is 2.14. The van der Waals surface area contributed by atoms with E-state index in [1.165, 1.54) is 14.7 Å². The van der Waals surface area contributed by atoms with Gasteiger partial charge in [0, 0.05) is 8.91 Å². The molecule has 1 aromatic rings. The molecule has 0 unspecified atom stereocenters. The van der Waals surface area contributed by atoms with E-state index in [1.54, 1.807) is 0 Å². The summed E-state index contributed by atoms with van der Waals surface area (Å²) >= 11 is 5.83. The third-order valence-electron chi connectivity index (χ3n) is 1.60. The molecule has 0 bridgehead atoms. The molecule has 0 aliphatic heterocycles. The van der Waals surface area contributed by atoms with E-state index in [2.05, 4.69) is 69.7 Å². The van der Waals surface area contributed by atoms with Crippen LogP contribution in [0.1, 0.15) is 12.5 Å². The summed E-state index contributed by atoms with van der Waals surface area (Å²) in [6, 6.07) is 10.4. The van der Waals surface area contributed by atoms with Gasteiger partial charge in [0.2, 0.25) is 0 Å². The Labute approximate surface area is 95.3 Å². The zero-order valence-corrected chi connectivity index (χ0v) is 10.6. The van der Waals surface area contributed by atoms with Crippen molar-refractivity contribution in [1.29, 1.82) is 0 Å². The normalized spacial score (nSPS) is 12.6. The molecule has 1 aromatic carbocycles. The predicted molar refractivity (Wildman–Crippen MR) is 66.9 cm³/mol. The number of halogens is 2. The molecule has 1 rings (SSSR count). The van der Waals surface area contributed by atoms with Gasteiger partial charge in [0.15, 0.2) is 0 Å². The van der Waals surface area contributed by atoms with Gasteiger partial charge in [-0.3, -0.25) is 0 Å². The Morgan fingerprint density at radius 2 is 1.92 bits per heavy atom. The van der Waals surface area contributed by atoms with Crippen molar-refractivity contribution in [2.24, 2.45) is 0 Å². The highest BCUT2D eigenvalue weighted by Crippen LogP contribution is 2.25. The average molecular weight is 337 g/mol. The fraction of sp³-hybridized carbons (Fsp3) is 0.200. The topological polar surface area (TPSA) is 0 Å². The molecule has 0 N–H and O–H groups in total. The summed E-state index contributed by atoms with van der Waals surface area (Å²) in [4.78, 5) is 0. The van der Waals surface area contributed by atoms with E-state index in [0.717, 1.165) is 5.33 Å². The van der Waals surface area contributed by atoms with Crippen LogP contribution in [0.2, 0.25) is 0 Å². The first-order valence-corrected chi connectivity index (χ1v) is 5.92. The molecule has 0 nitrogen and oxygen atoms in total. The predicted octanol–water partition coefficient (Wildman–Crippen LogP) is 4.25. The molecule has 12 heavy (non-hydrogen) atoms. The molecular weight excluding hydrogens is 327 g/mol. The van der Waals surface area contributed by atoms with Crippen LogP contribution in [0.4, 0.5) is 0 Å². The monoisotopic (exact) mass is 336 g/mol. The van der Waals surface area contributed by atoms with Crippen molar-refractivity contribution in [3.63, 3.8) is 0 Å². The van der Waals surface area contributed by atoms with E-state index >= 15 is 0 Å². The molecule has 0 aliphatic rings. The summed E-state index contributed by atoms with van der Waals surface area (Å²) < 4.78 is 1.34. The maximum absolute atomic E-state index is 3.45. The number of rotatable bonds is 2. The number of benzene rings is 1. The lowest BCUT2D eigenvalue weighted by atomic mass is 10.1. The Balaban J connectivity index is 3.00. The lowest BCUT2D eigenvalue weighted by Crippen LogP contribution is -1.82. The molecule has 0 aliphatic carbocycles. The summed E-state index contributed by atoms with van der Waals surface area (Å²) in [5, 5.41) is 0.945. The maximum Gasteiger partial charge on any atom is 0.0252 e. The van der Waals surface area contributed by atoms with Gasteiger partial charge >= 0.3 is 0 Å². The second-order valence-electron chi connectivity index (χ2n) is 2.59. The Hall–Kier alpha value is 0.170. The second kappa shape index (κ2) is 5.02. The van der Waals surface area contributed by atoms with Crippen LogP contribution in [0.25, 0.3) is 3.58 Å². The van der Waals surface area contributed by atoms with Crippen LogP contribution < -0.4 is 0 Å². The number of hydrogen-bond acceptors (Lipinski definition) is 0. The lowest BCUT2D eigenvalue weighted by Gasteiger charge is -2.02. The Morgan fingerprint density at radius 3 is 2.42 bits per heavy atom. The minimum atomic E-state index is 0.945. The summed E-state index contributed by atoms with van der Waals surface area (Å²) in [5.41, 5.74) is 2.68. The Bertz CT molecular complexity index is 277. The van der Waals surface area contributed by atoms with Crippen molar-refractivity contribution < 1.29 is 0 Å². The highest BCUT2D eigenvalue weighted by atomic mass is 127. The third-order valence-corrected chi connectivity index (χ3v) is 3.99. The quantitative estimate of drug-likeness (QED) is 0.559. The molecule has 0 amide bonds. The van der Waals surface area contributed by atoms with Gasteiger partial charge in [-0.1, -0.05) is 46.3 Å². The summed E-state index contributed by atoms with van der Waals surface area (Å²) in [7, 11) is 0. The highest BCUT2D eigenvalue weighted by Gasteiger charge is 1.99. The van der Waals surface area contributed by atoms with Crippen LogP contribution in [0, 0.1) is 0 Å². The van der Waals surface area contributed by atoms with Crippen molar-refractivity contribution in [1.82, 2.24) is 0 Å². The smallest absolute Gasteiger partial charge is 0.0252 e. The molecule has 0 saturated carbocycles. The summed E-state index contributed by atoms with van der Waals surface area (Å²) in [5.74, 6) is 0. The second-order valence-corrected chi connectivity index (χ2v) is 4.23. The molecule has 0 atom stereocenters. The van der Waals surface area contributed by atoms with Gasteiger partial charge in [-0.25, -0.2) is 0 Å². The van der Waals surface area contributed by atoms with Gasteiger partial charge in [0.05, 0.1) is 0 Å². The van der Waals surface area contributed by atoms with Gasteiger partial charge < -0.3 is 0 Å². The zero-order chi connectivity index (χ0) is 8.97. The van der Waals surface area contributed by atoms with E-state index < -0.39 is 0 Å². The van der Waals surface area contributed by atoms with Gasteiger partial charge in [0.1, 0.15) is 0 Å². The van der Waals surface area contributed by atoms with Crippen LogP contribution >= 0.6 is 38.5 Å². The van der Waals surface area contributed by atoms with Crippen molar-refractivity contribution in [2.75, 3.05) is 5.33 Å². The van der Waals surface area contributed by atoms with E-state index in [9.17, 15) is 0 Å². The van der Waals surface area contributed by atoms with Gasteiger partial charge in [0.25, 0.3) is 0 Å². The van der Waals surface area contributed by atoms with Gasteiger partial charge in [-0.2, -0.15) is 0 Å². The Morgan fingerprint density at radius 1 is 1.33 bits per heavy atom. The zero-order valence-electron chi connectivity index (χ0n) is 6.85. The first-order chi connectivity index (χ1) is 5.75. The number of hydrogen-bond donors (Lipinski definition) is 0. The molecule has 0 saturated heterocycles. The maximum atomic E-state index is 3.45. The molecule has 0 fully saturated rings. The van der Waals surface area contributed by atoms with Crippen molar-refractivity contribution in [3.8, 4) is 0 Å². The van der Waals surface area contributed by atoms with Crippen molar-refractivity contribution in [2.45, 2.75) is 6.92 Å². The van der Waals surface area contributed by atoms with E-state index in [1.807, 2.05) is 6.07 Å². The minimum absolute atomic E-state index is 0.945. The van der Waals surface area contributed by atoms with Crippen LogP contribution in [-0.4, -0.2) is 5.33 Å². The standard InChI is InChI=1S/C10H10BrI/c1-8(7-11)10(12)9-5-3-2-4-6-9/h2-6H,7H2,1H3/b10-8-. The van der Waals surface area contributed by atoms with E-state index in [-0.39, 0.29) is 0 Å². The average Bonchev–Trinajstić information content (AvgIpc) is 2.17. The molecule has 2 heteroatoms. The Kier molecular flexibility index (Phi) is 4.29. The summed E-state index contributed by atoms with van der Waals surface area (Å²) in [6.07, 6.45) is 0. The van der Waals surface area contributed by atoms with Crippen molar-refractivity contribution >= 4 is 42.1 Å². The van der Waals surface area contributed by atoms with Crippen LogP contribution in [0.15, 0.2) is 35.9 Å². The fourth-order valence-corrected chi connectivity index (χ4v) is 2.24. The number of alkyl halides is 1. The van der Waals surface area contributed by atoms with Crippen LogP contribution in [0.5, 0.6) is 0 Å². The first-order valence-electron chi connectivity index (χ1n) is 3.72. The van der Waals surface area contributed by atoms with E-state index in [0.29, 0.717) is 0 Å². The van der Waals surface area contributed by atoms with Crippen molar-refractivity contribution in [3.05, 3.63) is 41.5 Å². The third kappa shape index (κ3) is 2.59. The largest absolute Gasteiger partial charge is 0.0880 e. The molecule has 64 valence electrons. The molecule has 0 spiro atoms. The van der Waals surface area contributed by atoms with Crippen LogP contribution in [-0.2, 0) is 0 Å².